The number of carboxylic acid groups (broad SMARTS) is 1. The first-order valence-electron chi connectivity index (χ1n) is 7.11. The van der Waals surface area contributed by atoms with Gasteiger partial charge >= 0.3 is 5.97 Å². The summed E-state index contributed by atoms with van der Waals surface area (Å²) >= 11 is 1.08. The van der Waals surface area contributed by atoms with E-state index in [9.17, 15) is 9.59 Å². The van der Waals surface area contributed by atoms with Gasteiger partial charge in [-0.05, 0) is 24.6 Å². The third-order valence-electron chi connectivity index (χ3n) is 3.30. The largest absolute Gasteiger partial charge is 0.481 e. The second-order valence-electron chi connectivity index (χ2n) is 4.95. The van der Waals surface area contributed by atoms with E-state index in [-0.39, 0.29) is 12.3 Å². The van der Waals surface area contributed by atoms with Gasteiger partial charge in [-0.1, -0.05) is 23.9 Å². The number of amides is 1. The lowest BCUT2D eigenvalue weighted by Gasteiger charge is -2.16. The summed E-state index contributed by atoms with van der Waals surface area (Å²) in [6.07, 6.45) is 1.35. The van der Waals surface area contributed by atoms with Crippen molar-refractivity contribution in [2.45, 2.75) is 18.6 Å². The summed E-state index contributed by atoms with van der Waals surface area (Å²) < 4.78 is 0. The monoisotopic (exact) mass is 334 g/mol. The van der Waals surface area contributed by atoms with E-state index in [1.807, 2.05) is 31.3 Å². The van der Waals surface area contributed by atoms with Crippen molar-refractivity contribution in [3.8, 4) is 0 Å². The molecule has 0 saturated carbocycles. The van der Waals surface area contributed by atoms with Gasteiger partial charge in [-0.2, -0.15) is 5.10 Å². The van der Waals surface area contributed by atoms with Crippen molar-refractivity contribution in [2.24, 2.45) is 10.2 Å². The van der Waals surface area contributed by atoms with E-state index in [1.165, 1.54) is 0 Å². The number of nitrogens with one attached hydrogen (secondary N) is 1. The highest BCUT2D eigenvalue weighted by Crippen LogP contribution is 2.22. The molecule has 1 fully saturated rings. The van der Waals surface area contributed by atoms with Gasteiger partial charge in [0.05, 0.1) is 12.6 Å². The first-order chi connectivity index (χ1) is 11.0. The van der Waals surface area contributed by atoms with Crippen LogP contribution in [0.1, 0.15) is 18.9 Å². The maximum absolute atomic E-state index is 11.6. The fraction of sp³-hybridized carbons (Fsp3) is 0.333. The van der Waals surface area contributed by atoms with Crippen LogP contribution >= 0.6 is 11.8 Å². The van der Waals surface area contributed by atoms with Gasteiger partial charge in [-0.15, -0.1) is 5.10 Å². The normalized spacial score (nSPS) is 19.3. The van der Waals surface area contributed by atoms with E-state index in [2.05, 4.69) is 27.3 Å². The van der Waals surface area contributed by atoms with Crippen molar-refractivity contribution in [3.05, 3.63) is 29.8 Å². The average molecular weight is 334 g/mol. The smallest absolute Gasteiger partial charge is 0.305 e. The zero-order valence-electron chi connectivity index (χ0n) is 12.9. The van der Waals surface area contributed by atoms with Crippen LogP contribution in [0.4, 0.5) is 5.69 Å². The van der Waals surface area contributed by atoms with Gasteiger partial charge in [0.15, 0.2) is 5.17 Å². The summed E-state index contributed by atoms with van der Waals surface area (Å²) in [6, 6.07) is 7.84. The molecule has 1 aliphatic rings. The first-order valence-corrected chi connectivity index (χ1v) is 7.99. The zero-order chi connectivity index (χ0) is 16.8. The van der Waals surface area contributed by atoms with Crippen LogP contribution in [0, 0.1) is 0 Å². The van der Waals surface area contributed by atoms with Gasteiger partial charge in [0.1, 0.15) is 5.25 Å². The van der Waals surface area contributed by atoms with Gasteiger partial charge in [-0.3, -0.25) is 9.59 Å². The Bertz CT molecular complexity index is 643. The number of thioether (sulfide) groups is 1. The second kappa shape index (κ2) is 7.77. The van der Waals surface area contributed by atoms with Crippen LogP contribution in [0.5, 0.6) is 0 Å². The highest BCUT2D eigenvalue weighted by molar-refractivity contribution is 8.15. The van der Waals surface area contributed by atoms with E-state index in [0.29, 0.717) is 5.17 Å². The summed E-state index contributed by atoms with van der Waals surface area (Å²) in [5, 5.41) is 18.8. The first kappa shape index (κ1) is 17.0. The number of carboxylic acids is 1. The summed E-state index contributed by atoms with van der Waals surface area (Å²) in [4.78, 5) is 24.3. The van der Waals surface area contributed by atoms with Crippen molar-refractivity contribution in [1.82, 2.24) is 5.32 Å². The minimum atomic E-state index is -1.01. The van der Waals surface area contributed by atoms with Crippen molar-refractivity contribution in [2.75, 3.05) is 18.5 Å². The number of rotatable bonds is 6. The van der Waals surface area contributed by atoms with Crippen molar-refractivity contribution < 1.29 is 14.7 Å². The van der Waals surface area contributed by atoms with Crippen LogP contribution in [0.3, 0.4) is 0 Å². The quantitative estimate of drug-likeness (QED) is 0.608. The molecule has 2 rings (SSSR count). The summed E-state index contributed by atoms with van der Waals surface area (Å²) in [6.45, 7) is 3.01. The molecule has 23 heavy (non-hydrogen) atoms. The molecule has 0 aromatic heterocycles. The fourth-order valence-corrected chi connectivity index (χ4v) is 2.81. The number of benzene rings is 1. The van der Waals surface area contributed by atoms with Crippen LogP contribution in [-0.2, 0) is 9.59 Å². The SMILES string of the molecule is CCN(C)c1ccc(C=NN=C2NC(=O)C(CC(=O)O)S2)cc1. The summed E-state index contributed by atoms with van der Waals surface area (Å²) in [5.41, 5.74) is 2.00. The minimum Gasteiger partial charge on any atom is -0.481 e. The third kappa shape index (κ3) is 4.82. The van der Waals surface area contributed by atoms with Crippen LogP contribution in [-0.4, -0.2) is 47.2 Å². The van der Waals surface area contributed by atoms with Crippen LogP contribution in [0.25, 0.3) is 0 Å². The Morgan fingerprint density at radius 1 is 1.43 bits per heavy atom. The molecule has 1 amide bonds. The van der Waals surface area contributed by atoms with E-state index in [1.54, 1.807) is 6.21 Å². The Morgan fingerprint density at radius 3 is 2.74 bits per heavy atom. The molecule has 1 unspecified atom stereocenters. The maximum atomic E-state index is 11.6. The molecular formula is C15H18N4O3S. The number of carbonyl (C=O) groups excluding carboxylic acids is 1. The molecule has 0 radical (unpaired) electrons. The number of anilines is 1. The molecule has 1 aliphatic heterocycles. The lowest BCUT2D eigenvalue weighted by molar-refractivity contribution is -0.138. The Kier molecular flexibility index (Phi) is 5.75. The Hall–Kier alpha value is -2.35. The predicted octanol–water partition coefficient (Wildman–Crippen LogP) is 1.54. The van der Waals surface area contributed by atoms with E-state index >= 15 is 0 Å². The molecule has 1 heterocycles. The molecule has 8 heteroatoms. The topological polar surface area (TPSA) is 94.4 Å². The summed E-state index contributed by atoms with van der Waals surface area (Å²) in [5.74, 6) is -1.36. The maximum Gasteiger partial charge on any atom is 0.305 e. The van der Waals surface area contributed by atoms with E-state index < -0.39 is 11.2 Å². The number of nitrogens with zero attached hydrogens (tertiary/aromatic N) is 3. The van der Waals surface area contributed by atoms with Crippen molar-refractivity contribution in [1.29, 1.82) is 0 Å². The molecule has 0 spiro atoms. The highest BCUT2D eigenvalue weighted by atomic mass is 32.2. The van der Waals surface area contributed by atoms with E-state index in [0.717, 1.165) is 29.6 Å². The lowest BCUT2D eigenvalue weighted by Crippen LogP contribution is -2.26. The van der Waals surface area contributed by atoms with Crippen molar-refractivity contribution >= 4 is 40.7 Å². The van der Waals surface area contributed by atoms with Crippen LogP contribution < -0.4 is 10.2 Å². The summed E-state index contributed by atoms with van der Waals surface area (Å²) in [7, 11) is 2.02. The highest BCUT2D eigenvalue weighted by Gasteiger charge is 2.32. The molecule has 122 valence electrons. The van der Waals surface area contributed by atoms with Gasteiger partial charge in [0, 0.05) is 19.3 Å². The Morgan fingerprint density at radius 2 is 2.13 bits per heavy atom. The minimum absolute atomic E-state index is 0.231. The number of hydrogen-bond donors (Lipinski definition) is 2. The molecular weight excluding hydrogens is 316 g/mol. The standard InChI is InChI=1S/C15H18N4O3S/c1-3-19(2)11-6-4-10(5-7-11)9-16-18-15-17-14(22)12(23-15)8-13(20)21/h4-7,9,12H,3,8H2,1-2H3,(H,20,21)(H,17,18,22). The zero-order valence-corrected chi connectivity index (χ0v) is 13.7. The average Bonchev–Trinajstić information content (AvgIpc) is 2.86. The molecule has 1 aromatic rings. The van der Waals surface area contributed by atoms with Gasteiger partial charge in [-0.25, -0.2) is 0 Å². The molecule has 2 N–H and O–H groups in total. The Labute approximate surface area is 138 Å². The molecule has 1 saturated heterocycles. The number of hydrogen-bond acceptors (Lipinski definition) is 6. The number of amidine groups is 1. The molecule has 7 nitrogen and oxygen atoms in total. The van der Waals surface area contributed by atoms with Gasteiger partial charge in [0.25, 0.3) is 0 Å². The molecule has 1 atom stereocenters. The fourth-order valence-electron chi connectivity index (χ4n) is 1.89. The molecule has 1 aromatic carbocycles. The van der Waals surface area contributed by atoms with Crippen LogP contribution in [0.2, 0.25) is 0 Å². The molecule has 0 bridgehead atoms. The lowest BCUT2D eigenvalue weighted by atomic mass is 10.2. The van der Waals surface area contributed by atoms with Gasteiger partial charge in [0.2, 0.25) is 5.91 Å². The van der Waals surface area contributed by atoms with E-state index in [4.69, 9.17) is 5.11 Å². The predicted molar refractivity (Wildman–Crippen MR) is 92.2 cm³/mol. The van der Waals surface area contributed by atoms with Crippen molar-refractivity contribution in [3.63, 3.8) is 0 Å². The third-order valence-corrected chi connectivity index (χ3v) is 4.37. The number of carbonyl (C=O) groups is 2. The molecule has 0 aliphatic carbocycles. The Balaban J connectivity index is 1.96. The van der Waals surface area contributed by atoms with Gasteiger partial charge < -0.3 is 15.3 Å². The second-order valence-corrected chi connectivity index (χ2v) is 6.14. The van der Waals surface area contributed by atoms with Crippen LogP contribution in [0.15, 0.2) is 34.5 Å². The number of aliphatic carboxylic acids is 1.